The van der Waals surface area contributed by atoms with E-state index >= 15 is 0 Å². The third-order valence-corrected chi connectivity index (χ3v) is 3.92. The van der Waals surface area contributed by atoms with E-state index in [1.807, 2.05) is 19.1 Å². The number of thiophene rings is 1. The van der Waals surface area contributed by atoms with Crippen LogP contribution in [0.15, 0.2) is 30.3 Å². The molecule has 2 aromatic rings. The molecule has 0 aliphatic heterocycles. The SMILES string of the molecule is Cc1ccc(C(O)c2cc(Cl)ccc2Cl)s1. The number of rotatable bonds is 2. The molecule has 2 rings (SSSR count). The molecule has 0 saturated carbocycles. The highest BCUT2D eigenvalue weighted by Gasteiger charge is 2.15. The Morgan fingerprint density at radius 2 is 1.94 bits per heavy atom. The number of hydrogen-bond acceptors (Lipinski definition) is 2. The Balaban J connectivity index is 2.40. The highest BCUT2D eigenvalue weighted by molar-refractivity contribution is 7.12. The predicted molar refractivity (Wildman–Crippen MR) is 69.6 cm³/mol. The van der Waals surface area contributed by atoms with Crippen LogP contribution >= 0.6 is 34.5 Å². The number of halogens is 2. The van der Waals surface area contributed by atoms with E-state index < -0.39 is 6.10 Å². The third kappa shape index (κ3) is 2.41. The highest BCUT2D eigenvalue weighted by atomic mass is 35.5. The van der Waals surface area contributed by atoms with Crippen LogP contribution in [0.2, 0.25) is 10.0 Å². The third-order valence-electron chi connectivity index (χ3n) is 2.28. The molecule has 1 atom stereocenters. The van der Waals surface area contributed by atoms with Crippen molar-refractivity contribution in [3.8, 4) is 0 Å². The molecule has 0 aliphatic rings. The lowest BCUT2D eigenvalue weighted by atomic mass is 10.1. The summed E-state index contributed by atoms with van der Waals surface area (Å²) in [7, 11) is 0. The van der Waals surface area contributed by atoms with Crippen molar-refractivity contribution in [1.29, 1.82) is 0 Å². The van der Waals surface area contributed by atoms with E-state index in [2.05, 4.69) is 0 Å². The lowest BCUT2D eigenvalue weighted by Gasteiger charge is -2.11. The maximum absolute atomic E-state index is 10.2. The summed E-state index contributed by atoms with van der Waals surface area (Å²) >= 11 is 13.5. The molecule has 84 valence electrons. The van der Waals surface area contributed by atoms with Gasteiger partial charge in [-0.1, -0.05) is 23.2 Å². The molecule has 0 aliphatic carbocycles. The summed E-state index contributed by atoms with van der Waals surface area (Å²) < 4.78 is 0. The standard InChI is InChI=1S/C12H10Cl2OS/c1-7-2-5-11(16-7)12(15)9-6-8(13)3-4-10(9)14/h2-6,12,15H,1H3. The minimum Gasteiger partial charge on any atom is -0.383 e. The Morgan fingerprint density at radius 1 is 1.19 bits per heavy atom. The zero-order valence-corrected chi connectivity index (χ0v) is 10.9. The van der Waals surface area contributed by atoms with Gasteiger partial charge >= 0.3 is 0 Å². The van der Waals surface area contributed by atoms with Crippen LogP contribution in [0.5, 0.6) is 0 Å². The second-order valence-electron chi connectivity index (χ2n) is 3.52. The first-order valence-electron chi connectivity index (χ1n) is 4.77. The van der Waals surface area contributed by atoms with E-state index in [-0.39, 0.29) is 0 Å². The quantitative estimate of drug-likeness (QED) is 0.857. The van der Waals surface area contributed by atoms with E-state index in [0.717, 1.165) is 9.75 Å². The molecule has 0 spiro atoms. The Kier molecular flexibility index (Phi) is 3.55. The van der Waals surface area contributed by atoms with E-state index in [1.54, 1.807) is 29.5 Å². The van der Waals surface area contributed by atoms with Crippen LogP contribution in [0.1, 0.15) is 21.4 Å². The molecule has 0 fully saturated rings. The van der Waals surface area contributed by atoms with Gasteiger partial charge in [0.15, 0.2) is 0 Å². The minimum absolute atomic E-state index is 0.531. The molecule has 16 heavy (non-hydrogen) atoms. The first kappa shape index (κ1) is 11.9. The Hall–Kier alpha value is -0.540. The van der Waals surface area contributed by atoms with Gasteiger partial charge in [0.1, 0.15) is 6.10 Å². The van der Waals surface area contributed by atoms with Gasteiger partial charge in [0, 0.05) is 25.4 Å². The van der Waals surface area contributed by atoms with Gasteiger partial charge in [0.05, 0.1) is 0 Å². The van der Waals surface area contributed by atoms with Crippen LogP contribution in [0.25, 0.3) is 0 Å². The summed E-state index contributed by atoms with van der Waals surface area (Å²) in [6.45, 7) is 2.00. The molecule has 1 N–H and O–H groups in total. The zero-order chi connectivity index (χ0) is 11.7. The summed E-state index contributed by atoms with van der Waals surface area (Å²) in [5.74, 6) is 0. The summed E-state index contributed by atoms with van der Waals surface area (Å²) in [5, 5.41) is 11.3. The van der Waals surface area contributed by atoms with Crippen molar-refractivity contribution in [1.82, 2.24) is 0 Å². The van der Waals surface area contributed by atoms with Gasteiger partial charge in [0.2, 0.25) is 0 Å². The van der Waals surface area contributed by atoms with Crippen molar-refractivity contribution < 1.29 is 5.11 Å². The number of aryl methyl sites for hydroxylation is 1. The van der Waals surface area contributed by atoms with Crippen LogP contribution in [-0.2, 0) is 0 Å². The van der Waals surface area contributed by atoms with E-state index in [1.165, 1.54) is 0 Å². The maximum atomic E-state index is 10.2. The molecule has 0 bridgehead atoms. The average molecular weight is 273 g/mol. The Bertz CT molecular complexity index is 507. The zero-order valence-electron chi connectivity index (χ0n) is 8.58. The highest BCUT2D eigenvalue weighted by Crippen LogP contribution is 2.33. The molecule has 1 heterocycles. The van der Waals surface area contributed by atoms with Gasteiger partial charge in [-0.15, -0.1) is 11.3 Å². The van der Waals surface area contributed by atoms with E-state index in [4.69, 9.17) is 23.2 Å². The van der Waals surface area contributed by atoms with Gasteiger partial charge in [-0.25, -0.2) is 0 Å². The average Bonchev–Trinajstić information content (AvgIpc) is 2.67. The maximum Gasteiger partial charge on any atom is 0.115 e. The normalized spacial score (nSPS) is 12.8. The molecular weight excluding hydrogens is 263 g/mol. The fourth-order valence-electron chi connectivity index (χ4n) is 1.48. The molecule has 0 radical (unpaired) electrons. The summed E-state index contributed by atoms with van der Waals surface area (Å²) in [5.41, 5.74) is 0.649. The van der Waals surface area contributed by atoms with Crippen molar-refractivity contribution in [2.45, 2.75) is 13.0 Å². The predicted octanol–water partition coefficient (Wildman–Crippen LogP) is 4.45. The lowest BCUT2D eigenvalue weighted by Crippen LogP contribution is -1.97. The van der Waals surface area contributed by atoms with Gasteiger partial charge in [-0.3, -0.25) is 0 Å². The van der Waals surface area contributed by atoms with Crippen LogP contribution in [-0.4, -0.2) is 5.11 Å². The molecule has 4 heteroatoms. The number of hydrogen-bond donors (Lipinski definition) is 1. The van der Waals surface area contributed by atoms with Crippen molar-refractivity contribution in [3.63, 3.8) is 0 Å². The first-order chi connectivity index (χ1) is 7.58. The van der Waals surface area contributed by atoms with Crippen molar-refractivity contribution >= 4 is 34.5 Å². The first-order valence-corrected chi connectivity index (χ1v) is 6.34. The number of aliphatic hydroxyl groups is 1. The molecular formula is C12H10Cl2OS. The second-order valence-corrected chi connectivity index (χ2v) is 5.68. The number of benzene rings is 1. The van der Waals surface area contributed by atoms with E-state index in [0.29, 0.717) is 15.6 Å². The van der Waals surface area contributed by atoms with Crippen LogP contribution < -0.4 is 0 Å². The Labute approximate surface area is 108 Å². The lowest BCUT2D eigenvalue weighted by molar-refractivity contribution is 0.224. The smallest absolute Gasteiger partial charge is 0.115 e. The molecule has 0 amide bonds. The summed E-state index contributed by atoms with van der Waals surface area (Å²) in [6, 6.07) is 8.98. The van der Waals surface area contributed by atoms with Gasteiger partial charge in [-0.05, 0) is 37.3 Å². The van der Waals surface area contributed by atoms with Gasteiger partial charge < -0.3 is 5.11 Å². The van der Waals surface area contributed by atoms with Crippen molar-refractivity contribution in [3.05, 3.63) is 55.7 Å². The fourth-order valence-corrected chi connectivity index (χ4v) is 2.76. The number of aliphatic hydroxyl groups excluding tert-OH is 1. The van der Waals surface area contributed by atoms with Crippen LogP contribution in [0.4, 0.5) is 0 Å². The van der Waals surface area contributed by atoms with Crippen molar-refractivity contribution in [2.24, 2.45) is 0 Å². The molecule has 0 saturated heterocycles. The topological polar surface area (TPSA) is 20.2 Å². The fraction of sp³-hybridized carbons (Fsp3) is 0.167. The molecule has 1 aromatic carbocycles. The van der Waals surface area contributed by atoms with Crippen LogP contribution in [0, 0.1) is 6.92 Å². The monoisotopic (exact) mass is 272 g/mol. The summed E-state index contributed by atoms with van der Waals surface area (Å²) in [6.07, 6.45) is -0.704. The molecule has 1 unspecified atom stereocenters. The molecule has 1 nitrogen and oxygen atoms in total. The van der Waals surface area contributed by atoms with Gasteiger partial charge in [0.25, 0.3) is 0 Å². The van der Waals surface area contributed by atoms with Crippen molar-refractivity contribution in [2.75, 3.05) is 0 Å². The van der Waals surface area contributed by atoms with E-state index in [9.17, 15) is 5.11 Å². The minimum atomic E-state index is -0.704. The summed E-state index contributed by atoms with van der Waals surface area (Å²) in [4.78, 5) is 2.04. The second kappa shape index (κ2) is 4.76. The molecule has 1 aromatic heterocycles. The largest absolute Gasteiger partial charge is 0.383 e. The van der Waals surface area contributed by atoms with Gasteiger partial charge in [-0.2, -0.15) is 0 Å². The Morgan fingerprint density at radius 3 is 2.56 bits per heavy atom. The van der Waals surface area contributed by atoms with Crippen LogP contribution in [0.3, 0.4) is 0 Å².